The highest BCUT2D eigenvalue weighted by atomic mass is 15.4. The average molecular weight is 545 g/mol. The molecule has 208 valence electrons. The Morgan fingerprint density at radius 2 is 1.32 bits per heavy atom. The van der Waals surface area contributed by atoms with Crippen LogP contribution in [0.25, 0.3) is 21.7 Å². The number of fused-ring (bicyclic) bond motifs is 2. The Morgan fingerprint density at radius 3 is 2.05 bits per heavy atom. The van der Waals surface area contributed by atoms with Gasteiger partial charge >= 0.3 is 0 Å². The first-order valence-electron chi connectivity index (χ1n) is 14.9. The van der Waals surface area contributed by atoms with Crippen LogP contribution in [0.2, 0.25) is 0 Å². The van der Waals surface area contributed by atoms with E-state index in [0.29, 0.717) is 5.95 Å². The van der Waals surface area contributed by atoms with Crippen LogP contribution in [0.3, 0.4) is 0 Å². The van der Waals surface area contributed by atoms with Crippen LogP contribution < -0.4 is 15.2 Å². The topological polar surface area (TPSA) is 74.5 Å². The van der Waals surface area contributed by atoms with Crippen molar-refractivity contribution in [2.45, 2.75) is 45.1 Å². The van der Waals surface area contributed by atoms with Gasteiger partial charge in [0.15, 0.2) is 0 Å². The minimum atomic E-state index is 0.497. The molecule has 7 rings (SSSR count). The largest absolute Gasteiger partial charge is 0.342 e. The summed E-state index contributed by atoms with van der Waals surface area (Å²) in [5.74, 6) is 2.01. The van der Waals surface area contributed by atoms with Crippen LogP contribution in [0.1, 0.15) is 49.7 Å². The summed E-state index contributed by atoms with van der Waals surface area (Å²) >= 11 is 0. The Hall–Kier alpha value is -4.46. The van der Waals surface area contributed by atoms with E-state index in [1.54, 1.807) is 0 Å². The zero-order valence-corrected chi connectivity index (χ0v) is 23.4. The van der Waals surface area contributed by atoms with Crippen LogP contribution in [0.4, 0.5) is 17.8 Å². The number of nitrogens with zero attached hydrogens (tertiary/aromatic N) is 7. The van der Waals surface area contributed by atoms with Crippen LogP contribution in [0.5, 0.6) is 0 Å². The van der Waals surface area contributed by atoms with Gasteiger partial charge in [-0.2, -0.15) is 20.1 Å². The van der Waals surface area contributed by atoms with Gasteiger partial charge < -0.3 is 14.4 Å². The monoisotopic (exact) mass is 544 g/mol. The van der Waals surface area contributed by atoms with E-state index in [1.165, 1.54) is 60.4 Å². The van der Waals surface area contributed by atoms with Crippen molar-refractivity contribution in [3.8, 4) is 0 Å². The van der Waals surface area contributed by atoms with E-state index >= 15 is 0 Å². The molecule has 0 radical (unpaired) electrons. The third-order valence-electron chi connectivity index (χ3n) is 8.30. The molecule has 2 fully saturated rings. The van der Waals surface area contributed by atoms with E-state index in [4.69, 9.17) is 15.0 Å². The number of hydrazone groups is 1. The number of benzene rings is 3. The summed E-state index contributed by atoms with van der Waals surface area (Å²) < 4.78 is 2.31. The third-order valence-corrected chi connectivity index (χ3v) is 8.30. The van der Waals surface area contributed by atoms with Gasteiger partial charge in [0, 0.05) is 55.4 Å². The molecule has 41 heavy (non-hydrogen) atoms. The van der Waals surface area contributed by atoms with E-state index in [1.807, 2.05) is 6.21 Å². The molecule has 0 atom stereocenters. The second-order valence-electron chi connectivity index (χ2n) is 11.1. The normalized spacial score (nSPS) is 16.2. The molecule has 0 saturated carbocycles. The number of aromatic nitrogens is 4. The van der Waals surface area contributed by atoms with Crippen molar-refractivity contribution in [3.05, 3.63) is 84.1 Å². The van der Waals surface area contributed by atoms with Crippen molar-refractivity contribution in [1.29, 1.82) is 0 Å². The molecule has 0 unspecified atom stereocenters. The van der Waals surface area contributed by atoms with E-state index in [0.717, 1.165) is 55.6 Å². The Kier molecular flexibility index (Phi) is 7.20. The first kappa shape index (κ1) is 25.5. The summed E-state index contributed by atoms with van der Waals surface area (Å²) in [5, 5.41) is 8.34. The van der Waals surface area contributed by atoms with E-state index in [9.17, 15) is 0 Å². The van der Waals surface area contributed by atoms with E-state index in [-0.39, 0.29) is 0 Å². The van der Waals surface area contributed by atoms with Crippen LogP contribution in [0, 0.1) is 0 Å². The zero-order valence-electron chi connectivity index (χ0n) is 23.4. The Bertz CT molecular complexity index is 1640. The fourth-order valence-corrected chi connectivity index (χ4v) is 6.16. The highest BCUT2D eigenvalue weighted by molar-refractivity contribution is 5.99. The smallest absolute Gasteiger partial charge is 0.250 e. The lowest BCUT2D eigenvalue weighted by atomic mass is 10.0. The predicted molar refractivity (Wildman–Crippen MR) is 168 cm³/mol. The lowest BCUT2D eigenvalue weighted by Gasteiger charge is -2.30. The molecular formula is C33H36N8. The molecule has 0 aliphatic carbocycles. The number of piperidine rings is 2. The molecule has 2 saturated heterocycles. The van der Waals surface area contributed by atoms with Gasteiger partial charge in [-0.3, -0.25) is 0 Å². The fourth-order valence-electron chi connectivity index (χ4n) is 6.16. The molecule has 2 aliphatic rings. The highest BCUT2D eigenvalue weighted by Crippen LogP contribution is 2.26. The van der Waals surface area contributed by atoms with Crippen LogP contribution in [-0.4, -0.2) is 51.9 Å². The molecule has 2 aromatic heterocycles. The van der Waals surface area contributed by atoms with Crippen LogP contribution >= 0.6 is 0 Å². The molecule has 8 nitrogen and oxygen atoms in total. The van der Waals surface area contributed by atoms with Crippen molar-refractivity contribution in [3.63, 3.8) is 0 Å². The first-order valence-corrected chi connectivity index (χ1v) is 14.9. The second-order valence-corrected chi connectivity index (χ2v) is 11.1. The molecule has 0 bridgehead atoms. The molecule has 4 heterocycles. The van der Waals surface area contributed by atoms with Gasteiger partial charge in [-0.15, -0.1) is 0 Å². The van der Waals surface area contributed by atoms with Crippen molar-refractivity contribution in [2.24, 2.45) is 5.10 Å². The minimum absolute atomic E-state index is 0.497. The molecule has 0 spiro atoms. The lowest BCUT2D eigenvalue weighted by Crippen LogP contribution is -2.34. The fraction of sp³-hybridized carbons (Fsp3) is 0.333. The Labute approximate surface area is 240 Å². The van der Waals surface area contributed by atoms with Gasteiger partial charge in [-0.1, -0.05) is 60.7 Å². The van der Waals surface area contributed by atoms with Crippen molar-refractivity contribution in [2.75, 3.05) is 41.4 Å². The maximum absolute atomic E-state index is 4.89. The minimum Gasteiger partial charge on any atom is -0.342 e. The van der Waals surface area contributed by atoms with Gasteiger partial charge in [0.1, 0.15) is 0 Å². The maximum Gasteiger partial charge on any atom is 0.250 e. The molecule has 5 aromatic rings. The number of rotatable bonds is 7. The predicted octanol–water partition coefficient (Wildman–Crippen LogP) is 6.45. The Balaban J connectivity index is 1.17. The van der Waals surface area contributed by atoms with E-state index in [2.05, 4.69) is 97.8 Å². The quantitative estimate of drug-likeness (QED) is 0.187. The number of para-hydroxylation sites is 1. The van der Waals surface area contributed by atoms with E-state index < -0.39 is 0 Å². The molecule has 2 aliphatic heterocycles. The molecule has 8 heteroatoms. The number of anilines is 3. The molecule has 1 N–H and O–H groups in total. The first-order chi connectivity index (χ1) is 20.3. The van der Waals surface area contributed by atoms with Crippen molar-refractivity contribution >= 4 is 45.7 Å². The van der Waals surface area contributed by atoms with Crippen molar-refractivity contribution < 1.29 is 0 Å². The summed E-state index contributed by atoms with van der Waals surface area (Å²) in [6.45, 7) is 4.74. The third kappa shape index (κ3) is 5.46. The highest BCUT2D eigenvalue weighted by Gasteiger charge is 2.20. The van der Waals surface area contributed by atoms with Gasteiger partial charge in [0.05, 0.1) is 6.21 Å². The average Bonchev–Trinajstić information content (AvgIpc) is 3.39. The Morgan fingerprint density at radius 1 is 0.683 bits per heavy atom. The maximum atomic E-state index is 4.89. The summed E-state index contributed by atoms with van der Waals surface area (Å²) in [4.78, 5) is 19.0. The molecule has 3 aromatic carbocycles. The second kappa shape index (κ2) is 11.6. The van der Waals surface area contributed by atoms with Gasteiger partial charge in [-0.05, 0) is 60.9 Å². The van der Waals surface area contributed by atoms with Gasteiger partial charge in [-0.25, -0.2) is 5.43 Å². The van der Waals surface area contributed by atoms with Crippen molar-refractivity contribution in [1.82, 2.24) is 19.5 Å². The number of nitrogens with one attached hydrogen (secondary N) is 1. The summed E-state index contributed by atoms with van der Waals surface area (Å²) in [5.41, 5.74) is 6.68. The van der Waals surface area contributed by atoms with Gasteiger partial charge in [0.2, 0.25) is 17.8 Å². The number of hydrogen-bond donors (Lipinski definition) is 1. The van der Waals surface area contributed by atoms with Crippen LogP contribution in [-0.2, 0) is 6.54 Å². The molecule has 0 amide bonds. The number of hydrogen-bond acceptors (Lipinski definition) is 7. The SMILES string of the molecule is C(=NNc1nc(N2CCCCC2)nc(N2CCCCC2)n1)c1cn(Cc2cccc3ccccc23)c2ccccc12. The zero-order chi connectivity index (χ0) is 27.4. The molecular weight excluding hydrogens is 508 g/mol. The summed E-state index contributed by atoms with van der Waals surface area (Å²) in [6, 6.07) is 23.6. The summed E-state index contributed by atoms with van der Waals surface area (Å²) in [7, 11) is 0. The van der Waals surface area contributed by atoms with Gasteiger partial charge in [0.25, 0.3) is 0 Å². The lowest BCUT2D eigenvalue weighted by molar-refractivity contribution is 0.556. The standard InChI is InChI=1S/C33H36N8/c1-7-18-39(19-8-1)32-35-31(36-33(37-32)40-20-9-2-10-21-40)38-34-22-27-24-41(30-17-6-5-16-29(27)30)23-26-14-11-13-25-12-3-4-15-28(25)26/h3-6,11-17,22,24H,1-2,7-10,18-21,23H2,(H,35,36,37,38). The summed E-state index contributed by atoms with van der Waals surface area (Å²) in [6.07, 6.45) is 11.3. The van der Waals surface area contributed by atoms with Crippen LogP contribution in [0.15, 0.2) is 78.0 Å².